The molecule has 0 aliphatic rings. The molecule has 162 valence electrons. The first-order valence-electron chi connectivity index (χ1n) is 9.84. The molecule has 1 amide bonds. The van der Waals surface area contributed by atoms with Crippen molar-refractivity contribution in [3.8, 4) is 17.2 Å². The summed E-state index contributed by atoms with van der Waals surface area (Å²) in [5.74, 6) is 0.635. The monoisotopic (exact) mass is 466 g/mol. The van der Waals surface area contributed by atoms with E-state index in [9.17, 15) is 4.79 Å². The number of anilines is 1. The van der Waals surface area contributed by atoms with Gasteiger partial charge in [-0.3, -0.25) is 4.79 Å². The van der Waals surface area contributed by atoms with E-state index in [4.69, 9.17) is 32.4 Å². The number of nitrogens with one attached hydrogen (secondary N) is 1. The molecule has 0 aliphatic carbocycles. The molecule has 5 nitrogen and oxygen atoms in total. The molecule has 0 atom stereocenters. The van der Waals surface area contributed by atoms with E-state index in [1.165, 1.54) is 13.2 Å². The predicted molar refractivity (Wildman–Crippen MR) is 130 cm³/mol. The Balaban J connectivity index is 1.58. The fourth-order valence-corrected chi connectivity index (χ4v) is 3.89. The number of amides is 1. The van der Waals surface area contributed by atoms with Gasteiger partial charge < -0.3 is 14.5 Å². The second kappa shape index (κ2) is 9.07. The molecule has 0 fully saturated rings. The van der Waals surface area contributed by atoms with E-state index in [-0.39, 0.29) is 5.91 Å². The number of carbonyl (C=O) groups excluding carboxylic acids is 1. The molecule has 32 heavy (non-hydrogen) atoms. The van der Waals surface area contributed by atoms with Gasteiger partial charge in [-0.25, -0.2) is 4.98 Å². The van der Waals surface area contributed by atoms with Crippen molar-refractivity contribution in [1.82, 2.24) is 4.98 Å². The van der Waals surface area contributed by atoms with Crippen LogP contribution in [0.25, 0.3) is 28.6 Å². The molecule has 1 aromatic heterocycles. The first-order chi connectivity index (χ1) is 15.3. The summed E-state index contributed by atoms with van der Waals surface area (Å²) in [6.07, 6.45) is 3.01. The van der Waals surface area contributed by atoms with Gasteiger partial charge in [-0.05, 0) is 67.4 Å². The van der Waals surface area contributed by atoms with Gasteiger partial charge in [0.25, 0.3) is 0 Å². The van der Waals surface area contributed by atoms with Crippen LogP contribution in [0.3, 0.4) is 0 Å². The van der Waals surface area contributed by atoms with Crippen LogP contribution in [0.15, 0.2) is 59.0 Å². The number of benzene rings is 3. The number of oxazole rings is 1. The van der Waals surface area contributed by atoms with Gasteiger partial charge >= 0.3 is 0 Å². The minimum Gasteiger partial charge on any atom is -0.495 e. The third-order valence-electron chi connectivity index (χ3n) is 4.94. The molecule has 1 heterocycles. The highest BCUT2D eigenvalue weighted by Crippen LogP contribution is 2.33. The molecule has 4 rings (SSSR count). The summed E-state index contributed by atoms with van der Waals surface area (Å²) < 4.78 is 11.2. The Morgan fingerprint density at radius 2 is 1.91 bits per heavy atom. The summed E-state index contributed by atoms with van der Waals surface area (Å²) in [4.78, 5) is 17.1. The Bertz CT molecular complexity index is 1360. The van der Waals surface area contributed by atoms with Crippen molar-refractivity contribution < 1.29 is 13.9 Å². The summed E-state index contributed by atoms with van der Waals surface area (Å²) in [6.45, 7) is 3.92. The zero-order valence-electron chi connectivity index (χ0n) is 17.7. The van der Waals surface area contributed by atoms with E-state index >= 15 is 0 Å². The number of aryl methyl sites for hydroxylation is 2. The number of carbonyl (C=O) groups is 1. The normalized spacial score (nSPS) is 11.3. The van der Waals surface area contributed by atoms with Gasteiger partial charge in [0.1, 0.15) is 11.3 Å². The van der Waals surface area contributed by atoms with E-state index in [0.29, 0.717) is 32.9 Å². The number of halogens is 2. The van der Waals surface area contributed by atoms with Crippen LogP contribution in [-0.2, 0) is 4.79 Å². The van der Waals surface area contributed by atoms with Crippen LogP contribution in [-0.4, -0.2) is 18.0 Å². The lowest BCUT2D eigenvalue weighted by molar-refractivity contribution is -0.111. The Morgan fingerprint density at radius 1 is 1.09 bits per heavy atom. The average Bonchev–Trinajstić information content (AvgIpc) is 3.16. The lowest BCUT2D eigenvalue weighted by Crippen LogP contribution is -2.09. The number of methoxy groups -OCH3 is 1. The highest BCUT2D eigenvalue weighted by Gasteiger charge is 2.12. The quantitative estimate of drug-likeness (QED) is 0.319. The highest BCUT2D eigenvalue weighted by molar-refractivity contribution is 6.36. The van der Waals surface area contributed by atoms with Crippen LogP contribution >= 0.6 is 23.2 Å². The molecule has 0 unspecified atom stereocenters. The molecule has 7 heteroatoms. The van der Waals surface area contributed by atoms with E-state index in [0.717, 1.165) is 27.8 Å². The molecule has 3 aromatic carbocycles. The van der Waals surface area contributed by atoms with Crippen LogP contribution in [0.2, 0.25) is 10.0 Å². The van der Waals surface area contributed by atoms with Crippen molar-refractivity contribution >= 4 is 52.0 Å². The third-order valence-corrected chi connectivity index (χ3v) is 5.44. The molecule has 0 saturated carbocycles. The van der Waals surface area contributed by atoms with Gasteiger partial charge in [0.15, 0.2) is 5.58 Å². The lowest BCUT2D eigenvalue weighted by Gasteiger charge is -2.09. The molecule has 0 radical (unpaired) electrons. The fourth-order valence-electron chi connectivity index (χ4n) is 3.30. The Morgan fingerprint density at radius 3 is 2.69 bits per heavy atom. The van der Waals surface area contributed by atoms with Crippen molar-refractivity contribution in [2.75, 3.05) is 12.4 Å². The largest absolute Gasteiger partial charge is 0.495 e. The first-order valence-corrected chi connectivity index (χ1v) is 10.6. The van der Waals surface area contributed by atoms with Gasteiger partial charge in [-0.2, -0.15) is 0 Å². The van der Waals surface area contributed by atoms with Gasteiger partial charge in [0.05, 0.1) is 12.1 Å². The molecule has 4 aromatic rings. The maximum Gasteiger partial charge on any atom is 0.248 e. The number of hydrogen-bond acceptors (Lipinski definition) is 4. The van der Waals surface area contributed by atoms with Gasteiger partial charge in [-0.15, -0.1) is 0 Å². The summed E-state index contributed by atoms with van der Waals surface area (Å²) in [5, 5.41) is 3.72. The summed E-state index contributed by atoms with van der Waals surface area (Å²) in [5.41, 5.74) is 5.55. The van der Waals surface area contributed by atoms with Crippen LogP contribution in [0, 0.1) is 13.8 Å². The SMILES string of the molecule is COc1c(Cl)cc(Cl)cc1C=CC(=O)Nc1cc(-c2nc3ccc(C)cc3o2)ccc1C. The second-order valence-corrected chi connectivity index (χ2v) is 8.20. The van der Waals surface area contributed by atoms with E-state index in [2.05, 4.69) is 10.3 Å². The minimum atomic E-state index is -0.309. The van der Waals surface area contributed by atoms with Crippen LogP contribution in [0.1, 0.15) is 16.7 Å². The average molecular weight is 467 g/mol. The fraction of sp³-hybridized carbons (Fsp3) is 0.120. The zero-order chi connectivity index (χ0) is 22.8. The number of ether oxygens (including phenoxy) is 1. The van der Waals surface area contributed by atoms with Gasteiger partial charge in [-0.1, -0.05) is 35.3 Å². The Kier molecular flexibility index (Phi) is 6.21. The molecular weight excluding hydrogens is 447 g/mol. The maximum absolute atomic E-state index is 12.6. The van der Waals surface area contributed by atoms with Gasteiger partial charge in [0, 0.05) is 27.9 Å². The molecule has 1 N–H and O–H groups in total. The Labute approximate surface area is 195 Å². The molecule has 0 spiro atoms. The Hall–Kier alpha value is -3.28. The van der Waals surface area contributed by atoms with E-state index < -0.39 is 0 Å². The zero-order valence-corrected chi connectivity index (χ0v) is 19.2. The second-order valence-electron chi connectivity index (χ2n) is 7.35. The molecule has 0 saturated heterocycles. The van der Waals surface area contributed by atoms with Crippen molar-refractivity contribution in [3.05, 3.63) is 81.3 Å². The van der Waals surface area contributed by atoms with Crippen LogP contribution < -0.4 is 10.1 Å². The van der Waals surface area contributed by atoms with Crippen molar-refractivity contribution in [2.24, 2.45) is 0 Å². The van der Waals surface area contributed by atoms with Crippen LogP contribution in [0.4, 0.5) is 5.69 Å². The standard InChI is InChI=1S/C25H20Cl2N2O3/c1-14-4-8-20-22(10-14)32-25(29-20)17-6-5-15(2)21(12-17)28-23(30)9-7-16-11-18(26)13-19(27)24(16)31-3/h4-13H,1-3H3,(H,28,30). The summed E-state index contributed by atoms with van der Waals surface area (Å²) >= 11 is 12.2. The van der Waals surface area contributed by atoms with E-state index in [1.807, 2.05) is 50.2 Å². The van der Waals surface area contributed by atoms with Gasteiger partial charge in [0.2, 0.25) is 11.8 Å². The van der Waals surface area contributed by atoms with Crippen LogP contribution in [0.5, 0.6) is 5.75 Å². The topological polar surface area (TPSA) is 64.4 Å². The third kappa shape index (κ3) is 4.64. The number of rotatable bonds is 5. The molecule has 0 bridgehead atoms. The summed E-state index contributed by atoms with van der Waals surface area (Å²) in [6, 6.07) is 14.8. The van der Waals surface area contributed by atoms with E-state index in [1.54, 1.807) is 18.2 Å². The first kappa shape index (κ1) is 21.9. The van der Waals surface area contributed by atoms with Crippen molar-refractivity contribution in [3.63, 3.8) is 0 Å². The molecular formula is C25H20Cl2N2O3. The molecule has 0 aliphatic heterocycles. The number of aromatic nitrogens is 1. The van der Waals surface area contributed by atoms with Crippen molar-refractivity contribution in [1.29, 1.82) is 0 Å². The summed E-state index contributed by atoms with van der Waals surface area (Å²) in [7, 11) is 1.51. The maximum atomic E-state index is 12.6. The number of nitrogens with zero attached hydrogens (tertiary/aromatic N) is 1. The lowest BCUT2D eigenvalue weighted by atomic mass is 10.1. The minimum absolute atomic E-state index is 0.309. The number of fused-ring (bicyclic) bond motifs is 1. The number of hydrogen-bond donors (Lipinski definition) is 1. The smallest absolute Gasteiger partial charge is 0.248 e. The van der Waals surface area contributed by atoms with Crippen molar-refractivity contribution in [2.45, 2.75) is 13.8 Å². The highest BCUT2D eigenvalue weighted by atomic mass is 35.5. The predicted octanol–water partition coefficient (Wildman–Crippen LogP) is 7.08.